The summed E-state index contributed by atoms with van der Waals surface area (Å²) < 4.78 is 5.25. The third-order valence-corrected chi connectivity index (χ3v) is 3.09. The number of nitrogens with one attached hydrogen (secondary N) is 1. The van der Waals surface area contributed by atoms with Gasteiger partial charge in [0.05, 0.1) is 13.2 Å². The van der Waals surface area contributed by atoms with Gasteiger partial charge in [-0.1, -0.05) is 11.6 Å². The highest BCUT2D eigenvalue weighted by molar-refractivity contribution is 7.80. The summed E-state index contributed by atoms with van der Waals surface area (Å²) in [5, 5.41) is 3.99. The highest BCUT2D eigenvalue weighted by atomic mass is 35.5. The fourth-order valence-corrected chi connectivity index (χ4v) is 1.99. The molecule has 3 N–H and O–H groups in total. The molecule has 0 atom stereocenters. The fourth-order valence-electron chi connectivity index (χ4n) is 1.65. The maximum absolute atomic E-state index is 5.90. The van der Waals surface area contributed by atoms with Gasteiger partial charge >= 0.3 is 0 Å². The van der Waals surface area contributed by atoms with Crippen molar-refractivity contribution in [2.45, 2.75) is 0 Å². The number of guanidine groups is 1. The molecule has 0 saturated carbocycles. The lowest BCUT2D eigenvalue weighted by Crippen LogP contribution is -2.45. The van der Waals surface area contributed by atoms with Crippen LogP contribution in [0.4, 0.5) is 5.69 Å². The SMILES string of the molecule is N/C(=N\C(=S)Nc1ccc(Cl)cc1)N1CCOCC1. The Labute approximate surface area is 122 Å². The molecule has 1 aliphatic heterocycles. The summed E-state index contributed by atoms with van der Waals surface area (Å²) in [6.45, 7) is 2.79. The topological polar surface area (TPSA) is 62.9 Å². The first kappa shape index (κ1) is 14.0. The van der Waals surface area contributed by atoms with Crippen molar-refractivity contribution in [1.29, 1.82) is 0 Å². The quantitative estimate of drug-likeness (QED) is 0.469. The number of anilines is 1. The van der Waals surface area contributed by atoms with E-state index in [1.54, 1.807) is 12.1 Å². The summed E-state index contributed by atoms with van der Waals surface area (Å²) in [6.07, 6.45) is 0. The molecule has 5 nitrogen and oxygen atoms in total. The summed E-state index contributed by atoms with van der Waals surface area (Å²) >= 11 is 11.0. The zero-order valence-electron chi connectivity index (χ0n) is 10.3. The standard InChI is InChI=1S/C12H15ClN4OS/c13-9-1-3-10(4-2-9)15-12(19)16-11(14)17-5-7-18-8-6-17/h1-4H,5-8H2,(H3,14,15,16,19). The summed E-state index contributed by atoms with van der Waals surface area (Å²) in [5.41, 5.74) is 6.73. The smallest absolute Gasteiger partial charge is 0.200 e. The Morgan fingerprint density at radius 1 is 1.32 bits per heavy atom. The molecule has 1 saturated heterocycles. The van der Waals surface area contributed by atoms with Gasteiger partial charge in [-0.2, -0.15) is 4.99 Å². The molecule has 0 amide bonds. The second kappa shape index (κ2) is 6.70. The van der Waals surface area contributed by atoms with Crippen LogP contribution >= 0.6 is 23.8 Å². The Kier molecular flexibility index (Phi) is 4.95. The van der Waals surface area contributed by atoms with Crippen LogP contribution in [0.2, 0.25) is 5.02 Å². The number of ether oxygens (including phenoxy) is 1. The van der Waals surface area contributed by atoms with E-state index in [0.717, 1.165) is 18.8 Å². The molecule has 1 aromatic carbocycles. The molecule has 19 heavy (non-hydrogen) atoms. The third-order valence-electron chi connectivity index (χ3n) is 2.65. The lowest BCUT2D eigenvalue weighted by molar-refractivity contribution is 0.0676. The van der Waals surface area contributed by atoms with Gasteiger partial charge in [0.25, 0.3) is 0 Å². The molecular formula is C12H15ClN4OS. The monoisotopic (exact) mass is 298 g/mol. The second-order valence-corrected chi connectivity index (χ2v) is 4.83. The third kappa shape index (κ3) is 4.34. The lowest BCUT2D eigenvalue weighted by Gasteiger charge is -2.27. The summed E-state index contributed by atoms with van der Waals surface area (Å²) in [6, 6.07) is 7.22. The van der Waals surface area contributed by atoms with Crippen molar-refractivity contribution in [3.8, 4) is 0 Å². The van der Waals surface area contributed by atoms with Gasteiger partial charge in [0.1, 0.15) is 0 Å². The summed E-state index contributed by atoms with van der Waals surface area (Å²) in [5.74, 6) is 0.412. The highest BCUT2D eigenvalue weighted by Gasteiger charge is 2.12. The number of nitrogens with two attached hydrogens (primary N) is 1. The van der Waals surface area contributed by atoms with Crippen molar-refractivity contribution in [3.05, 3.63) is 29.3 Å². The zero-order valence-corrected chi connectivity index (χ0v) is 11.9. The molecule has 1 fully saturated rings. The molecule has 0 bridgehead atoms. The number of morpholine rings is 1. The van der Waals surface area contributed by atoms with Gasteiger partial charge in [-0.15, -0.1) is 0 Å². The van der Waals surface area contributed by atoms with Crippen LogP contribution in [-0.4, -0.2) is 42.3 Å². The molecule has 1 aliphatic rings. The largest absolute Gasteiger partial charge is 0.378 e. The molecule has 0 spiro atoms. The molecule has 7 heteroatoms. The molecule has 1 heterocycles. The number of hydrogen-bond donors (Lipinski definition) is 2. The number of hydrogen-bond acceptors (Lipinski definition) is 2. The number of benzene rings is 1. The van der Waals surface area contributed by atoms with Gasteiger partial charge in [0, 0.05) is 23.8 Å². The summed E-state index contributed by atoms with van der Waals surface area (Å²) in [4.78, 5) is 6.11. The minimum Gasteiger partial charge on any atom is -0.378 e. The predicted octanol–water partition coefficient (Wildman–Crippen LogP) is 1.68. The Morgan fingerprint density at radius 2 is 1.95 bits per heavy atom. The van der Waals surface area contributed by atoms with Gasteiger partial charge < -0.3 is 20.7 Å². The van der Waals surface area contributed by atoms with Crippen molar-refractivity contribution >= 4 is 40.6 Å². The maximum Gasteiger partial charge on any atom is 0.200 e. The van der Waals surface area contributed by atoms with Crippen LogP contribution < -0.4 is 11.1 Å². The van der Waals surface area contributed by atoms with E-state index in [2.05, 4.69) is 10.3 Å². The Hall–Kier alpha value is -1.37. The molecule has 102 valence electrons. The first-order chi connectivity index (χ1) is 9.15. The minimum absolute atomic E-state index is 0.325. The number of rotatable bonds is 1. The molecule has 0 radical (unpaired) electrons. The van der Waals surface area contributed by atoms with Gasteiger partial charge in [-0.05, 0) is 36.5 Å². The molecule has 2 rings (SSSR count). The van der Waals surface area contributed by atoms with Crippen molar-refractivity contribution in [2.75, 3.05) is 31.6 Å². The molecule has 0 aliphatic carbocycles. The van der Waals surface area contributed by atoms with Crippen LogP contribution in [0.5, 0.6) is 0 Å². The summed E-state index contributed by atoms with van der Waals surface area (Å²) in [7, 11) is 0. The van der Waals surface area contributed by atoms with Gasteiger partial charge in [-0.25, -0.2) is 0 Å². The Morgan fingerprint density at radius 3 is 2.58 bits per heavy atom. The van der Waals surface area contributed by atoms with Crippen molar-refractivity contribution in [2.24, 2.45) is 10.7 Å². The number of halogens is 1. The normalized spacial score (nSPS) is 16.3. The van der Waals surface area contributed by atoms with E-state index < -0.39 is 0 Å². The highest BCUT2D eigenvalue weighted by Crippen LogP contribution is 2.13. The van der Waals surface area contributed by atoms with E-state index in [4.69, 9.17) is 34.3 Å². The van der Waals surface area contributed by atoms with Crippen LogP contribution in [0.25, 0.3) is 0 Å². The van der Waals surface area contributed by atoms with Crippen molar-refractivity contribution in [3.63, 3.8) is 0 Å². The lowest BCUT2D eigenvalue weighted by atomic mass is 10.3. The maximum atomic E-state index is 5.90. The molecule has 0 unspecified atom stereocenters. The first-order valence-corrected chi connectivity index (χ1v) is 6.67. The van der Waals surface area contributed by atoms with Crippen LogP contribution in [0.15, 0.2) is 29.3 Å². The van der Waals surface area contributed by atoms with Crippen molar-refractivity contribution < 1.29 is 4.74 Å². The molecular weight excluding hydrogens is 284 g/mol. The first-order valence-electron chi connectivity index (χ1n) is 5.88. The van der Waals surface area contributed by atoms with E-state index >= 15 is 0 Å². The van der Waals surface area contributed by atoms with E-state index in [0.29, 0.717) is 29.3 Å². The average Bonchev–Trinajstić information content (AvgIpc) is 2.42. The van der Waals surface area contributed by atoms with Gasteiger partial charge in [0.15, 0.2) is 5.96 Å². The minimum atomic E-state index is 0.325. The van der Waals surface area contributed by atoms with Crippen LogP contribution in [0, 0.1) is 0 Å². The van der Waals surface area contributed by atoms with Crippen LogP contribution in [-0.2, 0) is 4.74 Å². The molecule has 0 aromatic heterocycles. The Balaban J connectivity index is 1.93. The second-order valence-electron chi connectivity index (χ2n) is 4.01. The number of thiocarbonyl (C=S) groups is 1. The van der Waals surface area contributed by atoms with Gasteiger partial charge in [-0.3, -0.25) is 0 Å². The van der Waals surface area contributed by atoms with E-state index in [-0.39, 0.29) is 0 Å². The number of aliphatic imine (C=N–C) groups is 1. The average molecular weight is 299 g/mol. The van der Waals surface area contributed by atoms with Crippen LogP contribution in [0.3, 0.4) is 0 Å². The Bertz CT molecular complexity index is 471. The molecule has 1 aromatic rings. The van der Waals surface area contributed by atoms with E-state index in [1.165, 1.54) is 0 Å². The zero-order chi connectivity index (χ0) is 13.7. The number of nitrogens with zero attached hydrogens (tertiary/aromatic N) is 2. The fraction of sp³-hybridized carbons (Fsp3) is 0.333. The van der Waals surface area contributed by atoms with E-state index in [9.17, 15) is 0 Å². The van der Waals surface area contributed by atoms with E-state index in [1.807, 2.05) is 17.0 Å². The van der Waals surface area contributed by atoms with Crippen molar-refractivity contribution in [1.82, 2.24) is 4.90 Å². The predicted molar refractivity (Wildman–Crippen MR) is 81.7 cm³/mol. The van der Waals surface area contributed by atoms with Crippen LogP contribution in [0.1, 0.15) is 0 Å². The van der Waals surface area contributed by atoms with Gasteiger partial charge in [0.2, 0.25) is 5.11 Å².